The summed E-state index contributed by atoms with van der Waals surface area (Å²) in [6.07, 6.45) is 0. The van der Waals surface area contributed by atoms with Gasteiger partial charge < -0.3 is 10.1 Å². The van der Waals surface area contributed by atoms with Crippen LogP contribution in [0.4, 0.5) is 5.69 Å². The Kier molecular flexibility index (Phi) is 5.75. The van der Waals surface area contributed by atoms with Crippen LogP contribution in [-0.2, 0) is 4.79 Å². The first-order valence-electron chi connectivity index (χ1n) is 8.46. The van der Waals surface area contributed by atoms with Gasteiger partial charge in [-0.25, -0.2) is 0 Å². The van der Waals surface area contributed by atoms with Crippen molar-refractivity contribution in [1.29, 1.82) is 0 Å². The Bertz CT molecular complexity index is 957. The fourth-order valence-electron chi connectivity index (χ4n) is 2.53. The number of nitrogens with zero attached hydrogens (tertiary/aromatic N) is 4. The van der Waals surface area contributed by atoms with Crippen LogP contribution in [0, 0.1) is 13.8 Å². The molecule has 0 fully saturated rings. The first-order chi connectivity index (χ1) is 13.0. The summed E-state index contributed by atoms with van der Waals surface area (Å²) in [7, 11) is 1.59. The normalized spacial score (nSPS) is 11.9. The molecule has 0 spiro atoms. The van der Waals surface area contributed by atoms with E-state index in [9.17, 15) is 4.79 Å². The Morgan fingerprint density at radius 1 is 1.22 bits per heavy atom. The predicted octanol–water partition coefficient (Wildman–Crippen LogP) is 3.41. The summed E-state index contributed by atoms with van der Waals surface area (Å²) in [6, 6.07) is 13.2. The molecule has 0 aliphatic rings. The molecule has 7 nitrogen and oxygen atoms in total. The highest BCUT2D eigenvalue weighted by Crippen LogP contribution is 2.26. The van der Waals surface area contributed by atoms with Gasteiger partial charge in [-0.05, 0) is 60.5 Å². The number of aromatic nitrogens is 4. The Labute approximate surface area is 162 Å². The molecule has 140 valence electrons. The van der Waals surface area contributed by atoms with Crippen LogP contribution in [0.25, 0.3) is 5.69 Å². The lowest BCUT2D eigenvalue weighted by Gasteiger charge is -2.13. The van der Waals surface area contributed by atoms with Gasteiger partial charge in [0.2, 0.25) is 11.1 Å². The molecule has 0 bridgehead atoms. The van der Waals surface area contributed by atoms with Crippen LogP contribution in [-0.4, -0.2) is 38.5 Å². The minimum absolute atomic E-state index is 0.135. The Morgan fingerprint density at radius 3 is 2.78 bits per heavy atom. The second kappa shape index (κ2) is 8.22. The number of tetrazole rings is 1. The van der Waals surface area contributed by atoms with E-state index in [1.165, 1.54) is 11.8 Å². The van der Waals surface area contributed by atoms with E-state index < -0.39 is 0 Å². The van der Waals surface area contributed by atoms with Crippen molar-refractivity contribution < 1.29 is 9.53 Å². The maximum absolute atomic E-state index is 12.6. The fourth-order valence-corrected chi connectivity index (χ4v) is 3.33. The van der Waals surface area contributed by atoms with Crippen molar-refractivity contribution in [2.45, 2.75) is 31.2 Å². The van der Waals surface area contributed by atoms with Gasteiger partial charge in [0.25, 0.3) is 0 Å². The molecule has 8 heteroatoms. The van der Waals surface area contributed by atoms with E-state index in [0.29, 0.717) is 16.6 Å². The van der Waals surface area contributed by atoms with Gasteiger partial charge in [-0.15, -0.1) is 5.10 Å². The second-order valence-electron chi connectivity index (χ2n) is 6.07. The lowest BCUT2D eigenvalue weighted by Crippen LogP contribution is -2.23. The van der Waals surface area contributed by atoms with Crippen molar-refractivity contribution in [3.63, 3.8) is 0 Å². The molecule has 1 amide bonds. The van der Waals surface area contributed by atoms with Gasteiger partial charge in [-0.1, -0.05) is 30.0 Å². The SMILES string of the molecule is COc1cccc(NC(=O)[C@H](C)Sc2nnnn2-c2cccc(C)c2C)c1. The number of nitrogens with one attached hydrogen (secondary N) is 1. The van der Waals surface area contributed by atoms with Crippen LogP contribution < -0.4 is 10.1 Å². The van der Waals surface area contributed by atoms with Crippen molar-refractivity contribution in [2.75, 3.05) is 12.4 Å². The van der Waals surface area contributed by atoms with E-state index in [2.05, 4.69) is 20.8 Å². The monoisotopic (exact) mass is 383 g/mol. The summed E-state index contributed by atoms with van der Waals surface area (Å²) >= 11 is 1.31. The topological polar surface area (TPSA) is 81.9 Å². The zero-order valence-electron chi connectivity index (χ0n) is 15.6. The van der Waals surface area contributed by atoms with Gasteiger partial charge in [0.15, 0.2) is 0 Å². The summed E-state index contributed by atoms with van der Waals surface area (Å²) in [5, 5.41) is 15.0. The number of carbonyl (C=O) groups excluding carboxylic acids is 1. The molecule has 0 aliphatic carbocycles. The zero-order chi connectivity index (χ0) is 19.4. The number of anilines is 1. The maximum Gasteiger partial charge on any atom is 0.237 e. The molecule has 0 saturated carbocycles. The number of thioether (sulfide) groups is 1. The lowest BCUT2D eigenvalue weighted by atomic mass is 10.1. The van der Waals surface area contributed by atoms with E-state index in [1.807, 2.05) is 57.2 Å². The van der Waals surface area contributed by atoms with Crippen molar-refractivity contribution in [1.82, 2.24) is 20.2 Å². The average molecular weight is 383 g/mol. The van der Waals surface area contributed by atoms with Gasteiger partial charge in [0.05, 0.1) is 18.0 Å². The van der Waals surface area contributed by atoms with Crippen LogP contribution in [0.1, 0.15) is 18.1 Å². The molecule has 1 atom stereocenters. The third-order valence-electron chi connectivity index (χ3n) is 4.23. The van der Waals surface area contributed by atoms with Crippen LogP contribution in [0.2, 0.25) is 0 Å². The summed E-state index contributed by atoms with van der Waals surface area (Å²) in [5.74, 6) is 0.552. The number of amides is 1. The minimum Gasteiger partial charge on any atom is -0.497 e. The van der Waals surface area contributed by atoms with E-state index >= 15 is 0 Å². The third-order valence-corrected chi connectivity index (χ3v) is 5.27. The molecule has 2 aromatic carbocycles. The highest BCUT2D eigenvalue weighted by atomic mass is 32.2. The molecule has 1 heterocycles. The number of hydrogen-bond acceptors (Lipinski definition) is 6. The molecule has 0 saturated heterocycles. The molecular weight excluding hydrogens is 362 g/mol. The van der Waals surface area contributed by atoms with Gasteiger partial charge in [0.1, 0.15) is 5.75 Å². The Balaban J connectivity index is 1.75. The molecule has 3 rings (SSSR count). The molecule has 3 aromatic rings. The van der Waals surface area contributed by atoms with E-state index in [0.717, 1.165) is 16.8 Å². The number of ether oxygens (including phenoxy) is 1. The smallest absolute Gasteiger partial charge is 0.237 e. The van der Waals surface area contributed by atoms with Gasteiger partial charge in [-0.2, -0.15) is 4.68 Å². The van der Waals surface area contributed by atoms with Crippen LogP contribution >= 0.6 is 11.8 Å². The maximum atomic E-state index is 12.6. The highest BCUT2D eigenvalue weighted by molar-refractivity contribution is 8.00. The number of carbonyl (C=O) groups is 1. The standard InChI is InChI=1S/C19H21N5O2S/c1-12-7-5-10-17(13(12)2)24-19(21-22-23-24)27-14(3)18(25)20-15-8-6-9-16(11-15)26-4/h5-11,14H,1-4H3,(H,20,25)/t14-/m0/s1. The van der Waals surface area contributed by atoms with Crippen molar-refractivity contribution in [3.8, 4) is 11.4 Å². The van der Waals surface area contributed by atoms with E-state index in [-0.39, 0.29) is 11.2 Å². The first kappa shape index (κ1) is 18.9. The average Bonchev–Trinajstić information content (AvgIpc) is 3.12. The number of methoxy groups -OCH3 is 1. The molecule has 1 aromatic heterocycles. The summed E-state index contributed by atoms with van der Waals surface area (Å²) < 4.78 is 6.85. The first-order valence-corrected chi connectivity index (χ1v) is 9.34. The quantitative estimate of drug-likeness (QED) is 0.657. The number of benzene rings is 2. The Hall–Kier alpha value is -2.87. The van der Waals surface area contributed by atoms with Crippen LogP contribution in [0.15, 0.2) is 47.6 Å². The molecule has 0 unspecified atom stereocenters. The number of rotatable bonds is 6. The summed E-state index contributed by atoms with van der Waals surface area (Å²) in [5.41, 5.74) is 3.84. The largest absolute Gasteiger partial charge is 0.497 e. The predicted molar refractivity (Wildman–Crippen MR) is 106 cm³/mol. The van der Waals surface area contributed by atoms with Crippen LogP contribution in [0.5, 0.6) is 5.75 Å². The molecule has 0 aliphatic heterocycles. The van der Waals surface area contributed by atoms with Crippen LogP contribution in [0.3, 0.4) is 0 Å². The summed E-state index contributed by atoms with van der Waals surface area (Å²) in [4.78, 5) is 12.6. The lowest BCUT2D eigenvalue weighted by molar-refractivity contribution is -0.115. The molecule has 0 radical (unpaired) electrons. The minimum atomic E-state index is -0.383. The third kappa shape index (κ3) is 4.28. The van der Waals surface area contributed by atoms with Crippen molar-refractivity contribution in [3.05, 3.63) is 53.6 Å². The molecule has 1 N–H and O–H groups in total. The van der Waals surface area contributed by atoms with Crippen molar-refractivity contribution >= 4 is 23.4 Å². The fraction of sp³-hybridized carbons (Fsp3) is 0.263. The second-order valence-corrected chi connectivity index (χ2v) is 7.38. The molecular formula is C19H21N5O2S. The van der Waals surface area contributed by atoms with Gasteiger partial charge in [-0.3, -0.25) is 4.79 Å². The van der Waals surface area contributed by atoms with E-state index in [4.69, 9.17) is 4.74 Å². The number of aryl methyl sites for hydroxylation is 1. The summed E-state index contributed by atoms with van der Waals surface area (Å²) in [6.45, 7) is 5.89. The Morgan fingerprint density at radius 2 is 2.00 bits per heavy atom. The highest BCUT2D eigenvalue weighted by Gasteiger charge is 2.20. The van der Waals surface area contributed by atoms with E-state index in [1.54, 1.807) is 17.9 Å². The number of hydrogen-bond donors (Lipinski definition) is 1. The van der Waals surface area contributed by atoms with Gasteiger partial charge >= 0.3 is 0 Å². The molecule has 27 heavy (non-hydrogen) atoms. The van der Waals surface area contributed by atoms with Gasteiger partial charge in [0, 0.05) is 11.8 Å². The van der Waals surface area contributed by atoms with Crippen molar-refractivity contribution in [2.24, 2.45) is 0 Å². The zero-order valence-corrected chi connectivity index (χ0v) is 16.4.